The van der Waals surface area contributed by atoms with E-state index in [-0.39, 0.29) is 11.3 Å². The first-order chi connectivity index (χ1) is 15.5. The van der Waals surface area contributed by atoms with Gasteiger partial charge in [-0.1, -0.05) is 30.7 Å². The second-order valence-electron chi connectivity index (χ2n) is 7.78. The summed E-state index contributed by atoms with van der Waals surface area (Å²) in [5.41, 5.74) is 3.11. The summed E-state index contributed by atoms with van der Waals surface area (Å²) >= 11 is 0. The predicted molar refractivity (Wildman–Crippen MR) is 115 cm³/mol. The topological polar surface area (TPSA) is 76.0 Å². The van der Waals surface area contributed by atoms with E-state index in [2.05, 4.69) is 15.7 Å². The number of amides is 2. The van der Waals surface area contributed by atoms with E-state index in [1.807, 2.05) is 30.3 Å². The average molecular weight is 438 g/mol. The largest absolute Gasteiger partial charge is 0.357 e. The Balaban J connectivity index is 1.72. The quantitative estimate of drug-likeness (QED) is 0.598. The highest BCUT2D eigenvalue weighted by molar-refractivity contribution is 5.97. The van der Waals surface area contributed by atoms with Crippen LogP contribution >= 0.6 is 0 Å². The number of hydrogen-bond donors (Lipinski definition) is 2. The Morgan fingerprint density at radius 1 is 1.00 bits per heavy atom. The molecule has 8 heteroatoms. The van der Waals surface area contributed by atoms with E-state index in [0.717, 1.165) is 54.8 Å². The molecule has 166 valence electrons. The van der Waals surface area contributed by atoms with Crippen molar-refractivity contribution in [3.63, 3.8) is 0 Å². The van der Waals surface area contributed by atoms with Gasteiger partial charge in [0.1, 0.15) is 6.04 Å². The van der Waals surface area contributed by atoms with Gasteiger partial charge in [0.25, 0.3) is 5.91 Å². The van der Waals surface area contributed by atoms with E-state index < -0.39 is 29.5 Å². The van der Waals surface area contributed by atoms with Crippen LogP contribution in [0.2, 0.25) is 0 Å². The van der Waals surface area contributed by atoms with Gasteiger partial charge in [0.05, 0.1) is 5.69 Å². The number of carbonyl (C=O) groups is 2. The number of likely N-dealkylation sites (N-methyl/N-ethyl adjacent to an activating group) is 1. The van der Waals surface area contributed by atoms with Crippen LogP contribution in [0.1, 0.15) is 52.6 Å². The molecule has 1 unspecified atom stereocenters. The lowest BCUT2D eigenvalue weighted by Crippen LogP contribution is -2.39. The van der Waals surface area contributed by atoms with Crippen LogP contribution in [0, 0.1) is 11.6 Å². The fourth-order valence-corrected chi connectivity index (χ4v) is 4.08. The molecule has 1 heterocycles. The van der Waals surface area contributed by atoms with Crippen molar-refractivity contribution in [3.8, 4) is 5.69 Å². The number of halogens is 2. The highest BCUT2D eigenvalue weighted by atomic mass is 19.2. The molecule has 1 aliphatic rings. The van der Waals surface area contributed by atoms with Crippen LogP contribution in [0.5, 0.6) is 0 Å². The van der Waals surface area contributed by atoms with Crippen molar-refractivity contribution in [2.24, 2.45) is 0 Å². The zero-order valence-electron chi connectivity index (χ0n) is 17.7. The summed E-state index contributed by atoms with van der Waals surface area (Å²) in [7, 11) is 1.41. The predicted octanol–water partition coefficient (Wildman–Crippen LogP) is 3.64. The lowest BCUT2D eigenvalue weighted by atomic mass is 10.0. The SMILES string of the molecule is CNC(=O)C(NC(=O)c1nn(-c2ccccc2)c2c1CCCCC2)c1ccc(F)c(F)c1. The highest BCUT2D eigenvalue weighted by Crippen LogP contribution is 2.27. The standard InChI is InChI=1S/C24H24F2N4O2/c1-27-23(31)21(15-12-13-18(25)19(26)14-15)28-24(32)22-17-10-6-3-7-11-20(17)30(29-22)16-8-4-2-5-9-16/h2,4-5,8-9,12-14,21H,3,6-7,10-11H2,1H3,(H,27,31)(H,28,32). The van der Waals surface area contributed by atoms with Gasteiger partial charge in [-0.05, 0) is 55.5 Å². The van der Waals surface area contributed by atoms with Crippen molar-refractivity contribution in [2.45, 2.75) is 38.1 Å². The van der Waals surface area contributed by atoms with Crippen LogP contribution in [0.4, 0.5) is 8.78 Å². The average Bonchev–Trinajstić information content (AvgIpc) is 3.00. The molecule has 0 radical (unpaired) electrons. The van der Waals surface area contributed by atoms with Crippen molar-refractivity contribution in [1.29, 1.82) is 0 Å². The van der Waals surface area contributed by atoms with Gasteiger partial charge < -0.3 is 10.6 Å². The monoisotopic (exact) mass is 438 g/mol. The fourth-order valence-electron chi connectivity index (χ4n) is 4.08. The van der Waals surface area contributed by atoms with E-state index in [0.29, 0.717) is 6.42 Å². The van der Waals surface area contributed by atoms with E-state index in [1.54, 1.807) is 4.68 Å². The van der Waals surface area contributed by atoms with Crippen molar-refractivity contribution in [3.05, 3.63) is 82.7 Å². The maximum atomic E-state index is 13.8. The molecule has 0 fully saturated rings. The summed E-state index contributed by atoms with van der Waals surface area (Å²) in [6.45, 7) is 0. The summed E-state index contributed by atoms with van der Waals surface area (Å²) in [5, 5.41) is 9.73. The smallest absolute Gasteiger partial charge is 0.272 e. The molecule has 2 aromatic carbocycles. The summed E-state index contributed by atoms with van der Waals surface area (Å²) in [6.07, 6.45) is 4.51. The van der Waals surface area contributed by atoms with Gasteiger partial charge in [0.15, 0.2) is 17.3 Å². The van der Waals surface area contributed by atoms with Crippen molar-refractivity contribution in [1.82, 2.24) is 20.4 Å². The van der Waals surface area contributed by atoms with E-state index in [4.69, 9.17) is 0 Å². The molecule has 0 saturated carbocycles. The number of benzene rings is 2. The number of rotatable bonds is 5. The number of hydrogen-bond acceptors (Lipinski definition) is 3. The van der Waals surface area contributed by atoms with Gasteiger partial charge in [-0.3, -0.25) is 9.59 Å². The van der Waals surface area contributed by atoms with Crippen LogP contribution < -0.4 is 10.6 Å². The molecule has 6 nitrogen and oxygen atoms in total. The Kier molecular flexibility index (Phi) is 6.30. The van der Waals surface area contributed by atoms with Crippen LogP contribution in [0.3, 0.4) is 0 Å². The third-order valence-corrected chi connectivity index (χ3v) is 5.71. The van der Waals surface area contributed by atoms with Gasteiger partial charge in [-0.2, -0.15) is 5.10 Å². The van der Waals surface area contributed by atoms with Gasteiger partial charge in [-0.15, -0.1) is 0 Å². The Hall–Kier alpha value is -3.55. The first-order valence-electron chi connectivity index (χ1n) is 10.6. The highest BCUT2D eigenvalue weighted by Gasteiger charge is 2.29. The third kappa shape index (κ3) is 4.26. The van der Waals surface area contributed by atoms with Crippen LogP contribution in [-0.2, 0) is 17.6 Å². The number of fused-ring (bicyclic) bond motifs is 1. The number of nitrogens with zero attached hydrogens (tertiary/aromatic N) is 2. The molecular formula is C24H24F2N4O2. The molecule has 1 atom stereocenters. The summed E-state index contributed by atoms with van der Waals surface area (Å²) < 4.78 is 29.0. The molecule has 0 spiro atoms. The Morgan fingerprint density at radius 3 is 2.47 bits per heavy atom. The molecule has 2 amide bonds. The molecule has 3 aromatic rings. The van der Waals surface area contributed by atoms with Crippen molar-refractivity contribution < 1.29 is 18.4 Å². The minimum Gasteiger partial charge on any atom is -0.357 e. The lowest BCUT2D eigenvalue weighted by molar-refractivity contribution is -0.122. The molecule has 0 aliphatic heterocycles. The van der Waals surface area contributed by atoms with Crippen molar-refractivity contribution >= 4 is 11.8 Å². The maximum Gasteiger partial charge on any atom is 0.272 e. The first kappa shape index (κ1) is 21.7. The summed E-state index contributed by atoms with van der Waals surface area (Å²) in [4.78, 5) is 25.8. The lowest BCUT2D eigenvalue weighted by Gasteiger charge is -2.17. The van der Waals surface area contributed by atoms with Crippen LogP contribution in [0.15, 0.2) is 48.5 Å². The minimum atomic E-state index is -1.19. The molecule has 1 aliphatic carbocycles. The van der Waals surface area contributed by atoms with E-state index >= 15 is 0 Å². The Morgan fingerprint density at radius 2 is 1.75 bits per heavy atom. The maximum absolute atomic E-state index is 13.8. The Labute approximate surface area is 184 Å². The zero-order valence-corrected chi connectivity index (χ0v) is 17.7. The van der Waals surface area contributed by atoms with Gasteiger partial charge in [0.2, 0.25) is 5.91 Å². The molecule has 32 heavy (non-hydrogen) atoms. The van der Waals surface area contributed by atoms with Crippen molar-refractivity contribution in [2.75, 3.05) is 7.05 Å². The van der Waals surface area contributed by atoms with E-state index in [9.17, 15) is 18.4 Å². The molecule has 1 aromatic heterocycles. The molecular weight excluding hydrogens is 414 g/mol. The number of para-hydroxylation sites is 1. The number of aromatic nitrogens is 2. The zero-order chi connectivity index (χ0) is 22.7. The summed E-state index contributed by atoms with van der Waals surface area (Å²) in [6, 6.07) is 11.5. The molecule has 0 saturated heterocycles. The third-order valence-electron chi connectivity index (χ3n) is 5.71. The Bertz CT molecular complexity index is 1140. The van der Waals surface area contributed by atoms with E-state index in [1.165, 1.54) is 13.1 Å². The van der Waals surface area contributed by atoms with Gasteiger partial charge in [-0.25, -0.2) is 13.5 Å². The molecule has 0 bridgehead atoms. The second kappa shape index (κ2) is 9.30. The van der Waals surface area contributed by atoms with Gasteiger partial charge >= 0.3 is 0 Å². The van der Waals surface area contributed by atoms with Crippen LogP contribution in [0.25, 0.3) is 5.69 Å². The number of carbonyl (C=O) groups excluding carboxylic acids is 2. The molecule has 4 rings (SSSR count). The number of nitrogens with one attached hydrogen (secondary N) is 2. The normalized spacial score (nSPS) is 14.2. The van der Waals surface area contributed by atoms with Crippen LogP contribution in [-0.4, -0.2) is 28.6 Å². The second-order valence-corrected chi connectivity index (χ2v) is 7.78. The first-order valence-corrected chi connectivity index (χ1v) is 10.6. The fraction of sp³-hybridized carbons (Fsp3) is 0.292. The molecule has 2 N–H and O–H groups in total. The van der Waals surface area contributed by atoms with Gasteiger partial charge in [0, 0.05) is 18.3 Å². The summed E-state index contributed by atoms with van der Waals surface area (Å²) in [5.74, 6) is -3.19. The minimum absolute atomic E-state index is 0.144.